The van der Waals surface area contributed by atoms with Crippen molar-refractivity contribution in [2.45, 2.75) is 6.54 Å². The molecule has 6 heteroatoms. The largest absolute Gasteiger partial charge is 0.346 e. The van der Waals surface area contributed by atoms with Crippen molar-refractivity contribution in [2.75, 3.05) is 0 Å². The van der Waals surface area contributed by atoms with Crippen LogP contribution in [0.15, 0.2) is 34.9 Å². The molecule has 0 aliphatic carbocycles. The Morgan fingerprint density at radius 1 is 1.50 bits per heavy atom. The number of nitrogens with one attached hydrogen (secondary N) is 1. The average molecular weight is 420 g/mol. The van der Waals surface area contributed by atoms with Gasteiger partial charge in [-0.1, -0.05) is 0 Å². The predicted octanol–water partition coefficient (Wildman–Crippen LogP) is 2.72. The monoisotopic (exact) mass is 419 g/mol. The van der Waals surface area contributed by atoms with E-state index in [1.165, 1.54) is 0 Å². The normalized spacial score (nSPS) is 10.4. The number of hydrogen-bond acceptors (Lipinski definition) is 2. The van der Waals surface area contributed by atoms with Gasteiger partial charge in [0.25, 0.3) is 5.91 Å². The minimum absolute atomic E-state index is 0.0957. The van der Waals surface area contributed by atoms with Crippen molar-refractivity contribution in [2.24, 2.45) is 7.05 Å². The van der Waals surface area contributed by atoms with E-state index < -0.39 is 0 Å². The van der Waals surface area contributed by atoms with E-state index in [9.17, 15) is 4.79 Å². The zero-order chi connectivity index (χ0) is 13.1. The smallest absolute Gasteiger partial charge is 0.252 e. The number of carbonyl (C=O) groups excluding carboxylic acids is 1. The third-order valence-electron chi connectivity index (χ3n) is 2.53. The van der Waals surface area contributed by atoms with Crippen molar-refractivity contribution < 1.29 is 4.79 Å². The predicted molar refractivity (Wildman–Crippen MR) is 81.2 cm³/mol. The second-order valence-corrected chi connectivity index (χ2v) is 5.85. The summed E-state index contributed by atoms with van der Waals surface area (Å²) in [5.74, 6) is -0.0957. The lowest BCUT2D eigenvalue weighted by atomic mass is 10.2. The Morgan fingerprint density at radius 2 is 2.28 bits per heavy atom. The summed E-state index contributed by atoms with van der Waals surface area (Å²) in [5.41, 5.74) is 1.61. The van der Waals surface area contributed by atoms with Crippen LogP contribution in [-0.4, -0.2) is 15.7 Å². The SMILES string of the molecule is Cn1nccc1CNC(=O)c1cc(I)ccc1Br. The van der Waals surface area contributed by atoms with Crippen molar-refractivity contribution in [3.63, 3.8) is 0 Å². The molecule has 2 aromatic rings. The van der Waals surface area contributed by atoms with Crippen LogP contribution in [0.5, 0.6) is 0 Å². The first-order chi connectivity index (χ1) is 8.58. The van der Waals surface area contributed by atoms with Crippen LogP contribution in [0.25, 0.3) is 0 Å². The molecule has 1 N–H and O–H groups in total. The molecule has 2 rings (SSSR count). The summed E-state index contributed by atoms with van der Waals surface area (Å²) < 4.78 is 3.57. The zero-order valence-electron chi connectivity index (χ0n) is 9.65. The average Bonchev–Trinajstić information content (AvgIpc) is 2.75. The molecule has 0 bridgehead atoms. The number of amides is 1. The van der Waals surface area contributed by atoms with Crippen molar-refractivity contribution >= 4 is 44.4 Å². The van der Waals surface area contributed by atoms with E-state index >= 15 is 0 Å². The number of aryl methyl sites for hydroxylation is 1. The van der Waals surface area contributed by atoms with Crippen molar-refractivity contribution in [1.29, 1.82) is 0 Å². The fourth-order valence-corrected chi connectivity index (χ4v) is 2.43. The number of nitrogens with zero attached hydrogens (tertiary/aromatic N) is 2. The highest BCUT2D eigenvalue weighted by Crippen LogP contribution is 2.19. The van der Waals surface area contributed by atoms with Gasteiger partial charge in [-0.25, -0.2) is 0 Å². The van der Waals surface area contributed by atoms with Crippen LogP contribution in [0.3, 0.4) is 0 Å². The number of hydrogen-bond donors (Lipinski definition) is 1. The summed E-state index contributed by atoms with van der Waals surface area (Å²) in [4.78, 5) is 12.1. The first-order valence-corrected chi connectivity index (χ1v) is 7.15. The van der Waals surface area contributed by atoms with Crippen LogP contribution in [0.1, 0.15) is 16.1 Å². The molecule has 1 heterocycles. The molecular weight excluding hydrogens is 409 g/mol. The second kappa shape index (κ2) is 5.83. The van der Waals surface area contributed by atoms with Crippen molar-refractivity contribution in [3.05, 3.63) is 49.8 Å². The molecule has 4 nitrogen and oxygen atoms in total. The lowest BCUT2D eigenvalue weighted by molar-refractivity contribution is 0.0949. The highest BCUT2D eigenvalue weighted by Gasteiger charge is 2.10. The van der Waals surface area contributed by atoms with Gasteiger partial charge in [-0.2, -0.15) is 5.10 Å². The Morgan fingerprint density at radius 3 is 2.94 bits per heavy atom. The second-order valence-electron chi connectivity index (χ2n) is 3.75. The summed E-state index contributed by atoms with van der Waals surface area (Å²) in [6.45, 7) is 0.466. The molecule has 0 radical (unpaired) electrons. The number of benzene rings is 1. The first kappa shape index (κ1) is 13.5. The molecule has 18 heavy (non-hydrogen) atoms. The van der Waals surface area contributed by atoms with Crippen LogP contribution in [-0.2, 0) is 13.6 Å². The van der Waals surface area contributed by atoms with Gasteiger partial charge in [0.1, 0.15) is 0 Å². The van der Waals surface area contributed by atoms with Crippen LogP contribution in [0.4, 0.5) is 0 Å². The van der Waals surface area contributed by atoms with Gasteiger partial charge in [-0.15, -0.1) is 0 Å². The summed E-state index contributed by atoms with van der Waals surface area (Å²) in [6, 6.07) is 7.55. The Balaban J connectivity index is 2.08. The molecule has 0 spiro atoms. The quantitative estimate of drug-likeness (QED) is 0.777. The van der Waals surface area contributed by atoms with Crippen molar-refractivity contribution in [3.8, 4) is 0 Å². The molecule has 1 aromatic carbocycles. The van der Waals surface area contributed by atoms with E-state index in [0.29, 0.717) is 12.1 Å². The van der Waals surface area contributed by atoms with E-state index in [4.69, 9.17) is 0 Å². The molecule has 1 aromatic heterocycles. The van der Waals surface area contributed by atoms with Crippen LogP contribution >= 0.6 is 38.5 Å². The maximum atomic E-state index is 12.1. The van der Waals surface area contributed by atoms with Gasteiger partial charge in [0.15, 0.2) is 0 Å². The number of rotatable bonds is 3. The van der Waals surface area contributed by atoms with Crippen LogP contribution in [0, 0.1) is 3.57 Å². The van der Waals surface area contributed by atoms with Gasteiger partial charge in [0.2, 0.25) is 0 Å². The zero-order valence-corrected chi connectivity index (χ0v) is 13.4. The van der Waals surface area contributed by atoms with Gasteiger partial charge in [0.05, 0.1) is 17.8 Å². The maximum Gasteiger partial charge on any atom is 0.252 e. The third kappa shape index (κ3) is 3.11. The Hall–Kier alpha value is -0.890. The van der Waals surface area contributed by atoms with Gasteiger partial charge in [-0.3, -0.25) is 9.48 Å². The highest BCUT2D eigenvalue weighted by molar-refractivity contribution is 14.1. The number of aromatic nitrogens is 2. The fraction of sp³-hybridized carbons (Fsp3) is 0.167. The van der Waals surface area contributed by atoms with E-state index in [1.807, 2.05) is 31.3 Å². The lowest BCUT2D eigenvalue weighted by Crippen LogP contribution is -2.24. The Labute approximate surface area is 127 Å². The Kier molecular flexibility index (Phi) is 4.39. The third-order valence-corrected chi connectivity index (χ3v) is 3.89. The molecule has 0 saturated carbocycles. The summed E-state index contributed by atoms with van der Waals surface area (Å²) in [5, 5.41) is 6.93. The molecule has 0 saturated heterocycles. The van der Waals surface area contributed by atoms with Gasteiger partial charge < -0.3 is 5.32 Å². The summed E-state index contributed by atoms with van der Waals surface area (Å²) in [7, 11) is 1.85. The molecular formula is C12H11BrIN3O. The maximum absolute atomic E-state index is 12.1. The molecule has 0 unspecified atom stereocenters. The lowest BCUT2D eigenvalue weighted by Gasteiger charge is -2.07. The van der Waals surface area contributed by atoms with Crippen molar-refractivity contribution in [1.82, 2.24) is 15.1 Å². The first-order valence-electron chi connectivity index (χ1n) is 5.28. The van der Waals surface area contributed by atoms with Crippen LogP contribution in [0.2, 0.25) is 0 Å². The number of carbonyl (C=O) groups is 1. The standard InChI is InChI=1S/C12H11BrIN3O/c1-17-9(4-5-16-17)7-15-12(18)10-6-8(14)2-3-11(10)13/h2-6H,7H2,1H3,(H,15,18). The highest BCUT2D eigenvalue weighted by atomic mass is 127. The Bertz CT molecular complexity index is 582. The van der Waals surface area contributed by atoms with Gasteiger partial charge in [-0.05, 0) is 62.8 Å². The molecule has 0 aliphatic rings. The molecule has 1 amide bonds. The minimum atomic E-state index is -0.0957. The summed E-state index contributed by atoms with van der Waals surface area (Å²) >= 11 is 5.57. The minimum Gasteiger partial charge on any atom is -0.346 e. The van der Waals surface area contributed by atoms with E-state index in [0.717, 1.165) is 13.7 Å². The fourth-order valence-electron chi connectivity index (χ4n) is 1.51. The summed E-state index contributed by atoms with van der Waals surface area (Å²) in [6.07, 6.45) is 1.71. The molecule has 94 valence electrons. The topological polar surface area (TPSA) is 46.9 Å². The van der Waals surface area contributed by atoms with Gasteiger partial charge >= 0.3 is 0 Å². The van der Waals surface area contributed by atoms with Crippen LogP contribution < -0.4 is 5.32 Å². The molecule has 0 aliphatic heterocycles. The molecule has 0 fully saturated rings. The van der Waals surface area contributed by atoms with E-state index in [1.54, 1.807) is 10.9 Å². The van der Waals surface area contributed by atoms with E-state index in [-0.39, 0.29) is 5.91 Å². The molecule has 0 atom stereocenters. The number of halogens is 2. The van der Waals surface area contributed by atoms with Gasteiger partial charge in [0, 0.05) is 21.3 Å². The van der Waals surface area contributed by atoms with E-state index in [2.05, 4.69) is 48.9 Å².